The first-order chi connectivity index (χ1) is 9.61. The summed E-state index contributed by atoms with van der Waals surface area (Å²) in [6.45, 7) is 1.97. The molecular formula is C13H12F2N4S. The van der Waals surface area contributed by atoms with Crippen molar-refractivity contribution in [1.82, 2.24) is 14.5 Å². The van der Waals surface area contributed by atoms with E-state index in [0.717, 1.165) is 11.1 Å². The molecule has 1 aromatic carbocycles. The third-order valence-corrected chi connectivity index (χ3v) is 4.05. The van der Waals surface area contributed by atoms with E-state index in [2.05, 4.69) is 9.97 Å². The maximum atomic E-state index is 13.8. The standard InChI is InChI=1S/C13H12F2N4S/c1-2-9(12-17-3-4-20-12)19-10-6-7(14)5-8(15)11(10)18-13(19)16/h3-6,9H,2H2,1H3,(H2,16,18). The SMILES string of the molecule is CCC(c1nccs1)n1c(N)nc2c(F)cc(F)cc21. The minimum Gasteiger partial charge on any atom is -0.369 e. The van der Waals surface area contributed by atoms with Crippen molar-refractivity contribution >= 4 is 28.3 Å². The van der Waals surface area contributed by atoms with Gasteiger partial charge in [0.15, 0.2) is 5.82 Å². The highest BCUT2D eigenvalue weighted by Crippen LogP contribution is 2.32. The first-order valence-corrected chi connectivity index (χ1v) is 7.01. The number of benzene rings is 1. The number of nitrogens with zero attached hydrogens (tertiary/aromatic N) is 3. The summed E-state index contributed by atoms with van der Waals surface area (Å²) in [6.07, 6.45) is 2.39. The fourth-order valence-electron chi connectivity index (χ4n) is 2.33. The van der Waals surface area contributed by atoms with E-state index in [0.29, 0.717) is 11.9 Å². The highest BCUT2D eigenvalue weighted by Gasteiger charge is 2.22. The summed E-state index contributed by atoms with van der Waals surface area (Å²) >= 11 is 1.48. The largest absolute Gasteiger partial charge is 0.369 e. The van der Waals surface area contributed by atoms with Gasteiger partial charge < -0.3 is 10.3 Å². The van der Waals surface area contributed by atoms with Gasteiger partial charge in [0, 0.05) is 23.7 Å². The number of imidazole rings is 1. The average molecular weight is 294 g/mol. The Hall–Kier alpha value is -2.02. The van der Waals surface area contributed by atoms with Gasteiger partial charge in [-0.3, -0.25) is 0 Å². The van der Waals surface area contributed by atoms with Gasteiger partial charge in [0.05, 0.1) is 11.6 Å². The number of hydrogen-bond donors (Lipinski definition) is 1. The van der Waals surface area contributed by atoms with Crippen LogP contribution in [-0.2, 0) is 0 Å². The molecule has 2 aromatic heterocycles. The van der Waals surface area contributed by atoms with E-state index < -0.39 is 11.6 Å². The molecule has 0 bridgehead atoms. The Morgan fingerprint density at radius 2 is 2.20 bits per heavy atom. The molecule has 0 aliphatic rings. The van der Waals surface area contributed by atoms with Crippen LogP contribution < -0.4 is 5.73 Å². The first kappa shape index (κ1) is 13.0. The minimum absolute atomic E-state index is 0.0823. The maximum absolute atomic E-state index is 13.8. The number of anilines is 1. The van der Waals surface area contributed by atoms with Crippen LogP contribution in [0.5, 0.6) is 0 Å². The molecule has 2 N–H and O–H groups in total. The number of nitrogen functional groups attached to an aromatic ring is 1. The molecule has 0 aliphatic carbocycles. The summed E-state index contributed by atoms with van der Waals surface area (Å²) in [5.74, 6) is -1.20. The molecule has 3 aromatic rings. The quantitative estimate of drug-likeness (QED) is 0.806. The van der Waals surface area contributed by atoms with Crippen LogP contribution >= 0.6 is 11.3 Å². The Labute approximate surface area is 117 Å². The Bertz CT molecular complexity index is 751. The second-order valence-electron chi connectivity index (χ2n) is 4.39. The second kappa shape index (κ2) is 4.82. The van der Waals surface area contributed by atoms with Crippen molar-refractivity contribution in [2.75, 3.05) is 5.73 Å². The third kappa shape index (κ3) is 1.94. The van der Waals surface area contributed by atoms with Crippen LogP contribution in [0.15, 0.2) is 23.7 Å². The molecular weight excluding hydrogens is 282 g/mol. The van der Waals surface area contributed by atoms with Gasteiger partial charge in [0.1, 0.15) is 16.3 Å². The van der Waals surface area contributed by atoms with E-state index in [4.69, 9.17) is 5.73 Å². The molecule has 0 spiro atoms. The molecule has 1 atom stereocenters. The van der Waals surface area contributed by atoms with E-state index in [1.165, 1.54) is 17.4 Å². The predicted molar refractivity (Wildman–Crippen MR) is 74.6 cm³/mol. The lowest BCUT2D eigenvalue weighted by Crippen LogP contribution is -2.12. The van der Waals surface area contributed by atoms with Gasteiger partial charge in [0.2, 0.25) is 5.95 Å². The zero-order chi connectivity index (χ0) is 14.3. The third-order valence-electron chi connectivity index (χ3n) is 3.18. The predicted octanol–water partition coefficient (Wildman–Crippen LogP) is 3.35. The zero-order valence-corrected chi connectivity index (χ0v) is 11.5. The number of hydrogen-bond acceptors (Lipinski definition) is 4. The topological polar surface area (TPSA) is 56.7 Å². The lowest BCUT2D eigenvalue weighted by molar-refractivity contribution is 0.576. The highest BCUT2D eigenvalue weighted by atomic mass is 32.1. The number of fused-ring (bicyclic) bond motifs is 1. The lowest BCUT2D eigenvalue weighted by atomic mass is 10.2. The summed E-state index contributed by atoms with van der Waals surface area (Å²) in [6, 6.07) is 1.88. The Balaban J connectivity index is 2.27. The Kier molecular flexibility index (Phi) is 3.13. The van der Waals surface area contributed by atoms with Crippen LogP contribution in [0.1, 0.15) is 24.4 Å². The van der Waals surface area contributed by atoms with Gasteiger partial charge in [-0.2, -0.15) is 0 Å². The van der Waals surface area contributed by atoms with E-state index in [1.807, 2.05) is 12.3 Å². The minimum atomic E-state index is -0.709. The molecule has 7 heteroatoms. The van der Waals surface area contributed by atoms with Crippen molar-refractivity contribution in [1.29, 1.82) is 0 Å². The monoisotopic (exact) mass is 294 g/mol. The van der Waals surface area contributed by atoms with Gasteiger partial charge in [0.25, 0.3) is 0 Å². The number of halogens is 2. The number of thiazole rings is 1. The first-order valence-electron chi connectivity index (χ1n) is 6.13. The van der Waals surface area contributed by atoms with E-state index in [-0.39, 0.29) is 17.5 Å². The maximum Gasteiger partial charge on any atom is 0.201 e. The molecule has 3 rings (SSSR count). The van der Waals surface area contributed by atoms with E-state index >= 15 is 0 Å². The van der Waals surface area contributed by atoms with Crippen LogP contribution in [-0.4, -0.2) is 14.5 Å². The van der Waals surface area contributed by atoms with Gasteiger partial charge in [-0.05, 0) is 6.42 Å². The molecule has 0 aliphatic heterocycles. The summed E-state index contributed by atoms with van der Waals surface area (Å²) in [5.41, 5.74) is 6.33. The molecule has 4 nitrogen and oxygen atoms in total. The molecule has 20 heavy (non-hydrogen) atoms. The van der Waals surface area contributed by atoms with Gasteiger partial charge in [-0.15, -0.1) is 11.3 Å². The van der Waals surface area contributed by atoms with Crippen molar-refractivity contribution in [2.24, 2.45) is 0 Å². The fourth-order valence-corrected chi connectivity index (χ4v) is 3.14. The van der Waals surface area contributed by atoms with Crippen LogP contribution in [0.2, 0.25) is 0 Å². The second-order valence-corrected chi connectivity index (χ2v) is 5.32. The van der Waals surface area contributed by atoms with E-state index in [1.54, 1.807) is 10.8 Å². The Morgan fingerprint density at radius 1 is 1.40 bits per heavy atom. The fraction of sp³-hybridized carbons (Fsp3) is 0.231. The van der Waals surface area contributed by atoms with Crippen molar-refractivity contribution in [3.05, 3.63) is 40.4 Å². The molecule has 0 radical (unpaired) electrons. The van der Waals surface area contributed by atoms with Crippen molar-refractivity contribution < 1.29 is 8.78 Å². The summed E-state index contributed by atoms with van der Waals surface area (Å²) < 4.78 is 28.9. The van der Waals surface area contributed by atoms with Crippen LogP contribution in [0, 0.1) is 11.6 Å². The summed E-state index contributed by atoms with van der Waals surface area (Å²) in [5, 5.41) is 2.69. The van der Waals surface area contributed by atoms with Crippen LogP contribution in [0.25, 0.3) is 11.0 Å². The van der Waals surface area contributed by atoms with Crippen molar-refractivity contribution in [3.8, 4) is 0 Å². The molecule has 104 valence electrons. The van der Waals surface area contributed by atoms with Crippen molar-refractivity contribution in [3.63, 3.8) is 0 Å². The number of rotatable bonds is 3. The number of nitrogens with two attached hydrogens (primary N) is 1. The summed E-state index contributed by atoms with van der Waals surface area (Å²) in [4.78, 5) is 8.27. The molecule has 1 unspecified atom stereocenters. The van der Waals surface area contributed by atoms with Gasteiger partial charge in [-0.25, -0.2) is 18.7 Å². The lowest BCUT2D eigenvalue weighted by Gasteiger charge is -2.16. The highest BCUT2D eigenvalue weighted by molar-refractivity contribution is 7.09. The molecule has 2 heterocycles. The molecule has 0 fully saturated rings. The average Bonchev–Trinajstić information content (AvgIpc) is 3.01. The summed E-state index contributed by atoms with van der Waals surface area (Å²) in [7, 11) is 0. The molecule has 0 saturated carbocycles. The molecule has 0 amide bonds. The zero-order valence-electron chi connectivity index (χ0n) is 10.7. The van der Waals surface area contributed by atoms with Gasteiger partial charge >= 0.3 is 0 Å². The smallest absolute Gasteiger partial charge is 0.201 e. The van der Waals surface area contributed by atoms with E-state index in [9.17, 15) is 8.78 Å². The van der Waals surface area contributed by atoms with Gasteiger partial charge in [-0.1, -0.05) is 6.92 Å². The van der Waals surface area contributed by atoms with Crippen LogP contribution in [0.3, 0.4) is 0 Å². The Morgan fingerprint density at radius 3 is 2.85 bits per heavy atom. The van der Waals surface area contributed by atoms with Crippen LogP contribution in [0.4, 0.5) is 14.7 Å². The van der Waals surface area contributed by atoms with Crippen molar-refractivity contribution in [2.45, 2.75) is 19.4 Å². The normalized spacial score (nSPS) is 12.9. The molecule has 0 saturated heterocycles. The number of aromatic nitrogens is 3.